The lowest BCUT2D eigenvalue weighted by atomic mass is 10.0. The number of carbonyl (C=O) groups excluding carboxylic acids is 1. The molecule has 1 amide bonds. The third kappa shape index (κ3) is 4.75. The number of nitrogens with one attached hydrogen (secondary N) is 1. The normalized spacial score (nSPS) is 13.7. The van der Waals surface area contributed by atoms with E-state index in [-0.39, 0.29) is 24.8 Å². The second kappa shape index (κ2) is 8.38. The minimum atomic E-state index is -0.882. The molecule has 1 aliphatic rings. The average Bonchev–Trinajstić information content (AvgIpc) is 2.65. The molecule has 1 atom stereocenters. The number of fused-ring (bicyclic) bond motifs is 1. The molecule has 2 aromatic carbocycles. The minimum Gasteiger partial charge on any atom is -0.486 e. The largest absolute Gasteiger partial charge is 0.486 e. The van der Waals surface area contributed by atoms with Crippen molar-refractivity contribution in [2.75, 3.05) is 13.2 Å². The standard InChI is InChI=1S/C20H21NO5/c22-19(13-14-6-8-17-18(12-14)26-11-10-25-17)21-16(7-9-20(23)24)15-4-2-1-3-5-15/h1-6,8,12,16H,7,9-11,13H2,(H,21,22)(H,23,24). The van der Waals surface area contributed by atoms with Crippen LogP contribution in [0, 0.1) is 0 Å². The maximum absolute atomic E-state index is 12.5. The van der Waals surface area contributed by atoms with Crippen LogP contribution in [0.1, 0.15) is 30.0 Å². The molecule has 1 aliphatic heterocycles. The lowest BCUT2D eigenvalue weighted by Crippen LogP contribution is -2.30. The van der Waals surface area contributed by atoms with E-state index >= 15 is 0 Å². The quantitative estimate of drug-likeness (QED) is 0.798. The number of rotatable bonds is 7. The van der Waals surface area contributed by atoms with E-state index in [1.54, 1.807) is 6.07 Å². The zero-order chi connectivity index (χ0) is 18.4. The van der Waals surface area contributed by atoms with Gasteiger partial charge >= 0.3 is 5.97 Å². The van der Waals surface area contributed by atoms with Crippen molar-refractivity contribution in [1.82, 2.24) is 5.32 Å². The van der Waals surface area contributed by atoms with Crippen molar-refractivity contribution in [3.05, 3.63) is 59.7 Å². The molecule has 3 rings (SSSR count). The summed E-state index contributed by atoms with van der Waals surface area (Å²) in [5.41, 5.74) is 1.71. The molecule has 0 spiro atoms. The van der Waals surface area contributed by atoms with Gasteiger partial charge in [-0.1, -0.05) is 36.4 Å². The zero-order valence-electron chi connectivity index (χ0n) is 14.3. The second-order valence-corrected chi connectivity index (χ2v) is 6.12. The molecular weight excluding hydrogens is 334 g/mol. The van der Waals surface area contributed by atoms with Crippen LogP contribution in [0.4, 0.5) is 0 Å². The third-order valence-electron chi connectivity index (χ3n) is 4.16. The first-order valence-corrected chi connectivity index (χ1v) is 8.56. The van der Waals surface area contributed by atoms with Crippen LogP contribution in [0.2, 0.25) is 0 Å². The van der Waals surface area contributed by atoms with Crippen molar-refractivity contribution < 1.29 is 24.2 Å². The Balaban J connectivity index is 1.66. The van der Waals surface area contributed by atoms with E-state index in [1.165, 1.54) is 0 Å². The van der Waals surface area contributed by atoms with Crippen LogP contribution >= 0.6 is 0 Å². The first-order chi connectivity index (χ1) is 12.6. The van der Waals surface area contributed by atoms with Crippen LogP contribution in [-0.4, -0.2) is 30.2 Å². The monoisotopic (exact) mass is 355 g/mol. The molecule has 6 nitrogen and oxygen atoms in total. The van der Waals surface area contributed by atoms with Gasteiger partial charge in [0, 0.05) is 6.42 Å². The van der Waals surface area contributed by atoms with Gasteiger partial charge in [0.1, 0.15) is 13.2 Å². The molecule has 0 aromatic heterocycles. The Morgan fingerprint density at radius 2 is 1.77 bits per heavy atom. The number of carboxylic acids is 1. The van der Waals surface area contributed by atoms with Gasteiger partial charge in [-0.05, 0) is 29.7 Å². The van der Waals surface area contributed by atoms with E-state index in [9.17, 15) is 9.59 Å². The van der Waals surface area contributed by atoms with Crippen molar-refractivity contribution in [3.63, 3.8) is 0 Å². The van der Waals surface area contributed by atoms with E-state index in [0.29, 0.717) is 31.1 Å². The molecule has 2 N–H and O–H groups in total. The van der Waals surface area contributed by atoms with Gasteiger partial charge in [0.25, 0.3) is 0 Å². The molecule has 1 heterocycles. The molecule has 26 heavy (non-hydrogen) atoms. The summed E-state index contributed by atoms with van der Waals surface area (Å²) in [4.78, 5) is 23.4. The van der Waals surface area contributed by atoms with Crippen molar-refractivity contribution in [1.29, 1.82) is 0 Å². The fraction of sp³-hybridized carbons (Fsp3) is 0.300. The topological polar surface area (TPSA) is 84.9 Å². The van der Waals surface area contributed by atoms with Gasteiger partial charge in [0.15, 0.2) is 11.5 Å². The Kier molecular flexibility index (Phi) is 5.73. The maximum Gasteiger partial charge on any atom is 0.303 e. The molecule has 0 aliphatic carbocycles. The van der Waals surface area contributed by atoms with E-state index < -0.39 is 5.97 Å². The fourth-order valence-electron chi connectivity index (χ4n) is 2.90. The zero-order valence-corrected chi connectivity index (χ0v) is 14.3. The SMILES string of the molecule is O=C(O)CCC(NC(=O)Cc1ccc2c(c1)OCCO2)c1ccccc1. The fourth-order valence-corrected chi connectivity index (χ4v) is 2.90. The average molecular weight is 355 g/mol. The Morgan fingerprint density at radius 1 is 1.04 bits per heavy atom. The number of amides is 1. The summed E-state index contributed by atoms with van der Waals surface area (Å²) in [7, 11) is 0. The van der Waals surface area contributed by atoms with Gasteiger partial charge in [-0.15, -0.1) is 0 Å². The predicted octanol–water partition coefficient (Wildman–Crippen LogP) is 2.72. The lowest BCUT2D eigenvalue weighted by Gasteiger charge is -2.20. The number of carboxylic acid groups (broad SMARTS) is 1. The summed E-state index contributed by atoms with van der Waals surface area (Å²) >= 11 is 0. The molecule has 0 bridgehead atoms. The highest BCUT2D eigenvalue weighted by Crippen LogP contribution is 2.31. The molecule has 0 saturated carbocycles. The van der Waals surface area contributed by atoms with Gasteiger partial charge < -0.3 is 19.9 Å². The summed E-state index contributed by atoms with van der Waals surface area (Å²) in [6, 6.07) is 14.5. The van der Waals surface area contributed by atoms with Crippen molar-refractivity contribution >= 4 is 11.9 Å². The van der Waals surface area contributed by atoms with E-state index in [4.69, 9.17) is 14.6 Å². The maximum atomic E-state index is 12.5. The Bertz CT molecular complexity index is 775. The van der Waals surface area contributed by atoms with Crippen molar-refractivity contribution in [2.45, 2.75) is 25.3 Å². The third-order valence-corrected chi connectivity index (χ3v) is 4.16. The van der Waals surface area contributed by atoms with Crippen LogP contribution in [-0.2, 0) is 16.0 Å². The number of hydrogen-bond donors (Lipinski definition) is 2. The van der Waals surface area contributed by atoms with Crippen LogP contribution in [0.5, 0.6) is 11.5 Å². The highest BCUT2D eigenvalue weighted by molar-refractivity contribution is 5.79. The summed E-state index contributed by atoms with van der Waals surface area (Å²) in [6.07, 6.45) is 0.517. The summed E-state index contributed by atoms with van der Waals surface area (Å²) in [5.74, 6) is 0.281. The summed E-state index contributed by atoms with van der Waals surface area (Å²) in [5, 5.41) is 11.9. The molecular formula is C20H21NO5. The van der Waals surface area contributed by atoms with Crippen LogP contribution in [0.3, 0.4) is 0 Å². The molecule has 0 radical (unpaired) electrons. The summed E-state index contributed by atoms with van der Waals surface area (Å²) in [6.45, 7) is 1.02. The Morgan fingerprint density at radius 3 is 2.50 bits per heavy atom. The number of carbonyl (C=O) groups is 2. The highest BCUT2D eigenvalue weighted by atomic mass is 16.6. The van der Waals surface area contributed by atoms with Crippen LogP contribution in [0.15, 0.2) is 48.5 Å². The first kappa shape index (κ1) is 17.8. The highest BCUT2D eigenvalue weighted by Gasteiger charge is 2.17. The number of hydrogen-bond acceptors (Lipinski definition) is 4. The molecule has 136 valence electrons. The molecule has 6 heteroatoms. The second-order valence-electron chi connectivity index (χ2n) is 6.12. The first-order valence-electron chi connectivity index (χ1n) is 8.56. The van der Waals surface area contributed by atoms with Gasteiger partial charge in [0.2, 0.25) is 5.91 Å². The van der Waals surface area contributed by atoms with Crippen LogP contribution < -0.4 is 14.8 Å². The van der Waals surface area contributed by atoms with Crippen molar-refractivity contribution in [3.8, 4) is 11.5 Å². The molecule has 0 fully saturated rings. The van der Waals surface area contributed by atoms with E-state index in [0.717, 1.165) is 11.1 Å². The number of benzene rings is 2. The molecule has 0 saturated heterocycles. The van der Waals surface area contributed by atoms with Gasteiger partial charge in [-0.25, -0.2) is 0 Å². The van der Waals surface area contributed by atoms with Crippen molar-refractivity contribution in [2.24, 2.45) is 0 Å². The van der Waals surface area contributed by atoms with E-state index in [2.05, 4.69) is 5.32 Å². The predicted molar refractivity (Wildman–Crippen MR) is 95.3 cm³/mol. The molecule has 2 aromatic rings. The Labute approximate surface area is 151 Å². The minimum absolute atomic E-state index is 0.0101. The Hall–Kier alpha value is -3.02. The smallest absolute Gasteiger partial charge is 0.303 e. The number of ether oxygens (including phenoxy) is 2. The van der Waals surface area contributed by atoms with Gasteiger partial charge in [0.05, 0.1) is 12.5 Å². The van der Waals surface area contributed by atoms with E-state index in [1.807, 2.05) is 42.5 Å². The van der Waals surface area contributed by atoms with Gasteiger partial charge in [-0.2, -0.15) is 0 Å². The number of aliphatic carboxylic acids is 1. The lowest BCUT2D eigenvalue weighted by molar-refractivity contribution is -0.137. The van der Waals surface area contributed by atoms with Gasteiger partial charge in [-0.3, -0.25) is 9.59 Å². The summed E-state index contributed by atoms with van der Waals surface area (Å²) < 4.78 is 11.0. The molecule has 1 unspecified atom stereocenters. The van der Waals surface area contributed by atoms with Crippen LogP contribution in [0.25, 0.3) is 0 Å².